The fourth-order valence-corrected chi connectivity index (χ4v) is 3.85. The lowest BCUT2D eigenvalue weighted by Crippen LogP contribution is -2.41. The van der Waals surface area contributed by atoms with Gasteiger partial charge in [-0.3, -0.25) is 4.79 Å². The van der Waals surface area contributed by atoms with E-state index >= 15 is 0 Å². The molecule has 0 spiro atoms. The zero-order valence-corrected chi connectivity index (χ0v) is 17.5. The van der Waals surface area contributed by atoms with Crippen molar-refractivity contribution in [3.8, 4) is 0 Å². The first-order valence-electron chi connectivity index (χ1n) is 9.16. The third kappa shape index (κ3) is 5.87. The van der Waals surface area contributed by atoms with E-state index in [0.717, 1.165) is 27.3 Å². The van der Waals surface area contributed by atoms with Gasteiger partial charge in [0.2, 0.25) is 15.9 Å². The summed E-state index contributed by atoms with van der Waals surface area (Å²) in [4.78, 5) is 12.6. The van der Waals surface area contributed by atoms with Crippen molar-refractivity contribution in [1.82, 2.24) is 9.62 Å². The van der Waals surface area contributed by atoms with Gasteiger partial charge < -0.3 is 5.32 Å². The minimum Gasteiger partial charge on any atom is -0.348 e. The first-order chi connectivity index (χ1) is 13.1. The van der Waals surface area contributed by atoms with Crippen LogP contribution in [0.4, 0.5) is 4.39 Å². The predicted molar refractivity (Wildman–Crippen MR) is 109 cm³/mol. The number of halogens is 1. The fourth-order valence-electron chi connectivity index (χ4n) is 3.12. The molecule has 28 heavy (non-hydrogen) atoms. The van der Waals surface area contributed by atoms with Gasteiger partial charge in [0.25, 0.3) is 0 Å². The number of rotatable bonds is 8. The van der Waals surface area contributed by atoms with Crippen LogP contribution in [-0.4, -0.2) is 31.4 Å². The highest BCUT2D eigenvalue weighted by Gasteiger charge is 2.23. The van der Waals surface area contributed by atoms with E-state index in [-0.39, 0.29) is 24.7 Å². The molecular weight excluding hydrogens is 379 g/mol. The van der Waals surface area contributed by atoms with Crippen molar-refractivity contribution in [3.05, 3.63) is 70.5 Å². The number of hydrogen-bond donors (Lipinski definition) is 1. The largest absolute Gasteiger partial charge is 0.348 e. The Morgan fingerprint density at radius 1 is 1.18 bits per heavy atom. The van der Waals surface area contributed by atoms with Crippen LogP contribution in [0.25, 0.3) is 0 Å². The normalized spacial score (nSPS) is 12.8. The molecule has 0 aliphatic heterocycles. The van der Waals surface area contributed by atoms with Gasteiger partial charge in [0.15, 0.2) is 0 Å². The predicted octanol–water partition coefficient (Wildman–Crippen LogP) is 3.47. The van der Waals surface area contributed by atoms with Crippen molar-refractivity contribution in [1.29, 1.82) is 0 Å². The van der Waals surface area contributed by atoms with E-state index < -0.39 is 21.7 Å². The molecular formula is C21H27FN2O3S. The SMILES string of the molecule is CCC(NC(=O)CN(Cc1ccccc1F)S(C)(=O)=O)c1ccc(C)cc1C. The first-order valence-corrected chi connectivity index (χ1v) is 11.0. The molecule has 1 atom stereocenters. The number of carbonyl (C=O) groups excluding carboxylic acids is 1. The van der Waals surface area contributed by atoms with Gasteiger partial charge in [0, 0.05) is 12.1 Å². The average molecular weight is 407 g/mol. The molecule has 2 aromatic rings. The van der Waals surface area contributed by atoms with Crippen LogP contribution in [0.1, 0.15) is 41.6 Å². The second-order valence-electron chi connectivity index (χ2n) is 7.01. The van der Waals surface area contributed by atoms with Crippen LogP contribution in [0.5, 0.6) is 0 Å². The number of hydrogen-bond acceptors (Lipinski definition) is 3. The topological polar surface area (TPSA) is 66.5 Å². The molecule has 7 heteroatoms. The number of aryl methyl sites for hydroxylation is 2. The molecule has 1 N–H and O–H groups in total. The Balaban J connectivity index is 2.15. The monoisotopic (exact) mass is 406 g/mol. The van der Waals surface area contributed by atoms with Crippen LogP contribution in [0.2, 0.25) is 0 Å². The summed E-state index contributed by atoms with van der Waals surface area (Å²) < 4.78 is 39.1. The molecule has 152 valence electrons. The number of benzene rings is 2. The lowest BCUT2D eigenvalue weighted by molar-refractivity contribution is -0.122. The molecule has 0 aliphatic rings. The maximum absolute atomic E-state index is 13.9. The van der Waals surface area contributed by atoms with E-state index in [4.69, 9.17) is 0 Å². The fraction of sp³-hybridized carbons (Fsp3) is 0.381. The van der Waals surface area contributed by atoms with Gasteiger partial charge in [-0.15, -0.1) is 0 Å². The van der Waals surface area contributed by atoms with Gasteiger partial charge in [-0.1, -0.05) is 48.9 Å². The van der Waals surface area contributed by atoms with Crippen LogP contribution in [0, 0.1) is 19.7 Å². The lowest BCUT2D eigenvalue weighted by atomic mass is 9.97. The molecule has 0 heterocycles. The Hall–Kier alpha value is -2.25. The lowest BCUT2D eigenvalue weighted by Gasteiger charge is -2.23. The van der Waals surface area contributed by atoms with E-state index in [1.54, 1.807) is 6.07 Å². The van der Waals surface area contributed by atoms with Crippen LogP contribution < -0.4 is 5.32 Å². The second kappa shape index (κ2) is 9.30. The maximum Gasteiger partial charge on any atom is 0.235 e. The maximum atomic E-state index is 13.9. The first kappa shape index (κ1) is 22.0. The number of carbonyl (C=O) groups is 1. The van der Waals surface area contributed by atoms with Gasteiger partial charge in [-0.2, -0.15) is 4.31 Å². The van der Waals surface area contributed by atoms with E-state index in [0.29, 0.717) is 6.42 Å². The Morgan fingerprint density at radius 3 is 2.43 bits per heavy atom. The highest BCUT2D eigenvalue weighted by molar-refractivity contribution is 7.88. The number of sulfonamides is 1. The molecule has 2 aromatic carbocycles. The summed E-state index contributed by atoms with van der Waals surface area (Å²) in [5.41, 5.74) is 3.43. The molecule has 0 aliphatic carbocycles. The minimum absolute atomic E-state index is 0.195. The van der Waals surface area contributed by atoms with E-state index in [2.05, 4.69) is 5.32 Å². The standard InChI is InChI=1S/C21H27FN2O3S/c1-5-20(18-11-10-15(2)12-16(18)3)23-21(25)14-24(28(4,26)27)13-17-8-6-7-9-19(17)22/h6-12,20H,5,13-14H2,1-4H3,(H,23,25). The molecule has 0 aromatic heterocycles. The number of nitrogens with zero attached hydrogens (tertiary/aromatic N) is 1. The minimum atomic E-state index is -3.69. The van der Waals surface area contributed by atoms with Gasteiger partial charge >= 0.3 is 0 Å². The van der Waals surface area contributed by atoms with Crippen LogP contribution in [-0.2, 0) is 21.4 Å². The van der Waals surface area contributed by atoms with Gasteiger partial charge in [0.05, 0.1) is 18.8 Å². The summed E-state index contributed by atoms with van der Waals surface area (Å²) in [6.45, 7) is 5.38. The Kier molecular flexibility index (Phi) is 7.32. The van der Waals surface area contributed by atoms with Crippen LogP contribution in [0.3, 0.4) is 0 Å². The Bertz CT molecular complexity index is 944. The summed E-state index contributed by atoms with van der Waals surface area (Å²) in [7, 11) is -3.69. The highest BCUT2D eigenvalue weighted by Crippen LogP contribution is 2.22. The molecule has 0 fully saturated rings. The van der Waals surface area contributed by atoms with E-state index in [1.165, 1.54) is 18.2 Å². The second-order valence-corrected chi connectivity index (χ2v) is 8.99. The molecule has 0 radical (unpaired) electrons. The zero-order chi connectivity index (χ0) is 20.9. The summed E-state index contributed by atoms with van der Waals surface area (Å²) >= 11 is 0. The molecule has 1 unspecified atom stereocenters. The molecule has 0 saturated carbocycles. The molecule has 0 bridgehead atoms. The summed E-state index contributed by atoms with van der Waals surface area (Å²) in [5, 5.41) is 2.91. The number of nitrogens with one attached hydrogen (secondary N) is 1. The molecule has 5 nitrogen and oxygen atoms in total. The average Bonchev–Trinajstić information content (AvgIpc) is 2.60. The van der Waals surface area contributed by atoms with Gasteiger partial charge in [-0.05, 0) is 37.5 Å². The van der Waals surface area contributed by atoms with Crippen LogP contribution in [0.15, 0.2) is 42.5 Å². The molecule has 1 amide bonds. The van der Waals surface area contributed by atoms with Gasteiger partial charge in [-0.25, -0.2) is 12.8 Å². The van der Waals surface area contributed by atoms with Crippen molar-refractivity contribution in [2.75, 3.05) is 12.8 Å². The summed E-state index contributed by atoms with van der Waals surface area (Å²) in [5.74, 6) is -0.924. The summed E-state index contributed by atoms with van der Waals surface area (Å²) in [6, 6.07) is 11.7. The van der Waals surface area contributed by atoms with Crippen molar-refractivity contribution in [2.45, 2.75) is 39.8 Å². The third-order valence-electron chi connectivity index (χ3n) is 4.64. The third-order valence-corrected chi connectivity index (χ3v) is 5.83. The molecule has 2 rings (SSSR count). The summed E-state index contributed by atoms with van der Waals surface area (Å²) in [6.07, 6.45) is 1.68. The zero-order valence-electron chi connectivity index (χ0n) is 16.7. The Labute approximate surface area is 166 Å². The van der Waals surface area contributed by atoms with Gasteiger partial charge in [0.1, 0.15) is 5.82 Å². The van der Waals surface area contributed by atoms with Crippen molar-refractivity contribution in [3.63, 3.8) is 0 Å². The van der Waals surface area contributed by atoms with E-state index in [9.17, 15) is 17.6 Å². The van der Waals surface area contributed by atoms with Crippen molar-refractivity contribution >= 4 is 15.9 Å². The van der Waals surface area contributed by atoms with Crippen molar-refractivity contribution in [2.24, 2.45) is 0 Å². The number of amides is 1. The van der Waals surface area contributed by atoms with Crippen molar-refractivity contribution < 1.29 is 17.6 Å². The Morgan fingerprint density at radius 2 is 1.86 bits per heavy atom. The quantitative estimate of drug-likeness (QED) is 0.730. The highest BCUT2D eigenvalue weighted by atomic mass is 32.2. The van der Waals surface area contributed by atoms with Crippen LogP contribution >= 0.6 is 0 Å². The smallest absolute Gasteiger partial charge is 0.235 e. The molecule has 0 saturated heterocycles. The van der Waals surface area contributed by atoms with E-state index in [1.807, 2.05) is 39.0 Å².